The molecule has 112 valence electrons. The SMILES string of the molecule is CN1CCN(CCOc2ccc(C#N)cc2[N+](=O)[O-])CC1. The van der Waals surface area contributed by atoms with E-state index in [0.717, 1.165) is 32.7 Å². The van der Waals surface area contributed by atoms with E-state index in [2.05, 4.69) is 16.8 Å². The molecule has 21 heavy (non-hydrogen) atoms. The molecule has 0 unspecified atom stereocenters. The summed E-state index contributed by atoms with van der Waals surface area (Å²) in [5.74, 6) is 0.216. The zero-order valence-corrected chi connectivity index (χ0v) is 12.0. The van der Waals surface area contributed by atoms with E-state index in [1.807, 2.05) is 6.07 Å². The normalized spacial score (nSPS) is 16.4. The molecule has 1 aromatic rings. The maximum Gasteiger partial charge on any atom is 0.312 e. The molecule has 1 saturated heterocycles. The van der Waals surface area contributed by atoms with Gasteiger partial charge in [0.25, 0.3) is 0 Å². The maximum absolute atomic E-state index is 11.0. The van der Waals surface area contributed by atoms with Gasteiger partial charge in [0, 0.05) is 38.8 Å². The number of nitro benzene ring substituents is 1. The molecule has 1 aliphatic heterocycles. The van der Waals surface area contributed by atoms with Gasteiger partial charge in [-0.3, -0.25) is 15.0 Å². The van der Waals surface area contributed by atoms with Crippen molar-refractivity contribution < 1.29 is 9.66 Å². The molecule has 1 aliphatic rings. The number of likely N-dealkylation sites (N-methyl/N-ethyl adjacent to an activating group) is 1. The quantitative estimate of drug-likeness (QED) is 0.596. The van der Waals surface area contributed by atoms with Crippen molar-refractivity contribution in [2.45, 2.75) is 0 Å². The Hall–Kier alpha value is -2.17. The van der Waals surface area contributed by atoms with Crippen LogP contribution >= 0.6 is 0 Å². The van der Waals surface area contributed by atoms with Gasteiger partial charge in [-0.05, 0) is 19.2 Å². The molecule has 0 atom stereocenters. The van der Waals surface area contributed by atoms with Crippen molar-refractivity contribution in [3.8, 4) is 11.8 Å². The number of piperazine rings is 1. The van der Waals surface area contributed by atoms with Crippen molar-refractivity contribution in [1.82, 2.24) is 9.80 Å². The van der Waals surface area contributed by atoms with Crippen molar-refractivity contribution in [1.29, 1.82) is 5.26 Å². The van der Waals surface area contributed by atoms with Crippen LogP contribution in [0, 0.1) is 21.4 Å². The third kappa shape index (κ3) is 4.15. The number of benzene rings is 1. The van der Waals surface area contributed by atoms with Crippen LogP contribution in [-0.2, 0) is 0 Å². The lowest BCUT2D eigenvalue weighted by Gasteiger charge is -2.32. The van der Waals surface area contributed by atoms with Gasteiger partial charge in [0.2, 0.25) is 0 Å². The number of ether oxygens (including phenoxy) is 1. The lowest BCUT2D eigenvalue weighted by molar-refractivity contribution is -0.385. The van der Waals surface area contributed by atoms with Gasteiger partial charge < -0.3 is 9.64 Å². The van der Waals surface area contributed by atoms with Crippen LogP contribution in [0.4, 0.5) is 5.69 Å². The van der Waals surface area contributed by atoms with Gasteiger partial charge in [-0.2, -0.15) is 5.26 Å². The highest BCUT2D eigenvalue weighted by Gasteiger charge is 2.17. The molecule has 0 spiro atoms. The van der Waals surface area contributed by atoms with Crippen LogP contribution < -0.4 is 4.74 Å². The Kier molecular flexibility index (Phi) is 5.09. The van der Waals surface area contributed by atoms with Crippen LogP contribution in [0.25, 0.3) is 0 Å². The lowest BCUT2D eigenvalue weighted by Crippen LogP contribution is -2.45. The third-order valence-corrected chi connectivity index (χ3v) is 3.55. The smallest absolute Gasteiger partial charge is 0.312 e. The third-order valence-electron chi connectivity index (χ3n) is 3.55. The van der Waals surface area contributed by atoms with Gasteiger partial charge in [-0.25, -0.2) is 0 Å². The Morgan fingerprint density at radius 1 is 1.38 bits per heavy atom. The topological polar surface area (TPSA) is 82.6 Å². The minimum absolute atomic E-state index is 0.160. The molecule has 7 nitrogen and oxygen atoms in total. The van der Waals surface area contributed by atoms with Gasteiger partial charge in [0.1, 0.15) is 6.61 Å². The van der Waals surface area contributed by atoms with Gasteiger partial charge in [0.15, 0.2) is 5.75 Å². The number of rotatable bonds is 5. The first-order valence-electron chi connectivity index (χ1n) is 6.82. The van der Waals surface area contributed by atoms with Crippen LogP contribution in [-0.4, -0.2) is 61.1 Å². The van der Waals surface area contributed by atoms with Crippen LogP contribution in [0.15, 0.2) is 18.2 Å². The molecule has 0 saturated carbocycles. The fraction of sp³-hybridized carbons (Fsp3) is 0.500. The summed E-state index contributed by atoms with van der Waals surface area (Å²) in [5.41, 5.74) is 0.0977. The second-order valence-electron chi connectivity index (χ2n) is 5.04. The average molecular weight is 290 g/mol. The minimum Gasteiger partial charge on any atom is -0.485 e. The average Bonchev–Trinajstić information content (AvgIpc) is 2.49. The summed E-state index contributed by atoms with van der Waals surface area (Å²) in [7, 11) is 2.09. The van der Waals surface area contributed by atoms with Crippen LogP contribution in [0.1, 0.15) is 5.56 Å². The Balaban J connectivity index is 1.91. The molecule has 7 heteroatoms. The molecule has 0 N–H and O–H groups in total. The molecule has 0 aliphatic carbocycles. The van der Waals surface area contributed by atoms with Crippen LogP contribution in [0.2, 0.25) is 0 Å². The molecule has 0 amide bonds. The molecule has 0 aromatic heterocycles. The summed E-state index contributed by atoms with van der Waals surface area (Å²) in [6, 6.07) is 6.14. The van der Waals surface area contributed by atoms with E-state index in [9.17, 15) is 10.1 Å². The molecular weight excluding hydrogens is 272 g/mol. The van der Waals surface area contributed by atoms with Gasteiger partial charge in [-0.15, -0.1) is 0 Å². The summed E-state index contributed by atoms with van der Waals surface area (Å²) in [5, 5.41) is 19.8. The summed E-state index contributed by atoms with van der Waals surface area (Å²) in [6.07, 6.45) is 0. The highest BCUT2D eigenvalue weighted by molar-refractivity contribution is 5.51. The maximum atomic E-state index is 11.0. The number of hydrogen-bond acceptors (Lipinski definition) is 6. The van der Waals surface area contributed by atoms with Gasteiger partial charge >= 0.3 is 5.69 Å². The van der Waals surface area contributed by atoms with Crippen molar-refractivity contribution >= 4 is 5.69 Å². The molecule has 0 bridgehead atoms. The largest absolute Gasteiger partial charge is 0.485 e. The monoisotopic (exact) mass is 290 g/mol. The minimum atomic E-state index is -0.522. The fourth-order valence-electron chi connectivity index (χ4n) is 2.21. The highest BCUT2D eigenvalue weighted by Crippen LogP contribution is 2.27. The van der Waals surface area contributed by atoms with E-state index in [1.54, 1.807) is 0 Å². The molecule has 1 heterocycles. The first kappa shape index (κ1) is 15.2. The summed E-state index contributed by atoms with van der Waals surface area (Å²) in [4.78, 5) is 15.0. The molecule has 1 aromatic carbocycles. The molecule has 1 fully saturated rings. The van der Waals surface area contributed by atoms with Gasteiger partial charge in [0.05, 0.1) is 16.6 Å². The highest BCUT2D eigenvalue weighted by atomic mass is 16.6. The van der Waals surface area contributed by atoms with Crippen molar-refractivity contribution in [2.24, 2.45) is 0 Å². The van der Waals surface area contributed by atoms with E-state index in [-0.39, 0.29) is 17.0 Å². The van der Waals surface area contributed by atoms with Crippen LogP contribution in [0.5, 0.6) is 5.75 Å². The number of nitrogens with zero attached hydrogens (tertiary/aromatic N) is 4. The van der Waals surface area contributed by atoms with E-state index in [1.165, 1.54) is 18.2 Å². The lowest BCUT2D eigenvalue weighted by atomic mass is 10.2. The first-order valence-corrected chi connectivity index (χ1v) is 6.82. The van der Waals surface area contributed by atoms with Gasteiger partial charge in [-0.1, -0.05) is 0 Å². The zero-order chi connectivity index (χ0) is 15.2. The summed E-state index contributed by atoms with van der Waals surface area (Å²) < 4.78 is 5.52. The first-order chi connectivity index (χ1) is 10.1. The summed E-state index contributed by atoms with van der Waals surface area (Å²) >= 11 is 0. The Morgan fingerprint density at radius 2 is 2.10 bits per heavy atom. The van der Waals surface area contributed by atoms with E-state index in [4.69, 9.17) is 10.00 Å². The van der Waals surface area contributed by atoms with Crippen molar-refractivity contribution in [2.75, 3.05) is 46.4 Å². The van der Waals surface area contributed by atoms with E-state index < -0.39 is 4.92 Å². The predicted molar refractivity (Wildman–Crippen MR) is 77.2 cm³/mol. The molecule has 0 radical (unpaired) electrons. The number of nitriles is 1. The second kappa shape index (κ2) is 7.02. The van der Waals surface area contributed by atoms with E-state index in [0.29, 0.717) is 6.61 Å². The second-order valence-corrected chi connectivity index (χ2v) is 5.04. The standard InChI is InChI=1S/C14H18N4O3/c1-16-4-6-17(7-5-16)8-9-21-14-3-2-12(11-15)10-13(14)18(19)20/h2-3,10H,4-9H2,1H3. The molecule has 2 rings (SSSR count). The molecular formula is C14H18N4O3. The zero-order valence-electron chi connectivity index (χ0n) is 12.0. The van der Waals surface area contributed by atoms with Crippen molar-refractivity contribution in [3.63, 3.8) is 0 Å². The summed E-state index contributed by atoms with van der Waals surface area (Å²) in [6.45, 7) is 5.15. The Morgan fingerprint density at radius 3 is 2.71 bits per heavy atom. The van der Waals surface area contributed by atoms with Crippen molar-refractivity contribution in [3.05, 3.63) is 33.9 Å². The number of nitro groups is 1. The number of hydrogen-bond donors (Lipinski definition) is 0. The Bertz CT molecular complexity index is 548. The predicted octanol–water partition coefficient (Wildman–Crippen LogP) is 1.09. The van der Waals surface area contributed by atoms with Crippen LogP contribution in [0.3, 0.4) is 0 Å². The Labute approximate surface area is 123 Å². The fourth-order valence-corrected chi connectivity index (χ4v) is 2.21. The van der Waals surface area contributed by atoms with E-state index >= 15 is 0 Å².